The standard InChI is InChI=1S/C14H21N3O/c1-17(11-12-6-2-5-9-16-12)13(18)10-14(15)7-3-4-8-14/h2,5-6,9H,3-4,7-8,10-11,15H2,1H3. The van der Waals surface area contributed by atoms with Crippen molar-refractivity contribution in [3.8, 4) is 0 Å². The summed E-state index contributed by atoms with van der Waals surface area (Å²) in [6, 6.07) is 5.73. The minimum absolute atomic E-state index is 0.116. The van der Waals surface area contributed by atoms with Crippen molar-refractivity contribution in [1.29, 1.82) is 0 Å². The molecule has 18 heavy (non-hydrogen) atoms. The Morgan fingerprint density at radius 2 is 2.17 bits per heavy atom. The van der Waals surface area contributed by atoms with Gasteiger partial charge in [-0.3, -0.25) is 9.78 Å². The van der Waals surface area contributed by atoms with E-state index in [1.165, 1.54) is 0 Å². The molecule has 1 heterocycles. The van der Waals surface area contributed by atoms with Crippen LogP contribution >= 0.6 is 0 Å². The van der Waals surface area contributed by atoms with Crippen LogP contribution in [0.2, 0.25) is 0 Å². The van der Waals surface area contributed by atoms with Crippen LogP contribution in [0.25, 0.3) is 0 Å². The summed E-state index contributed by atoms with van der Waals surface area (Å²) in [5, 5.41) is 0. The maximum absolute atomic E-state index is 12.1. The molecule has 0 unspecified atom stereocenters. The van der Waals surface area contributed by atoms with E-state index in [4.69, 9.17) is 5.73 Å². The van der Waals surface area contributed by atoms with Gasteiger partial charge < -0.3 is 10.6 Å². The van der Waals surface area contributed by atoms with Crippen molar-refractivity contribution in [2.24, 2.45) is 5.73 Å². The highest BCUT2D eigenvalue weighted by Gasteiger charge is 2.32. The smallest absolute Gasteiger partial charge is 0.224 e. The van der Waals surface area contributed by atoms with Crippen LogP contribution in [0.4, 0.5) is 0 Å². The molecule has 1 aromatic heterocycles. The van der Waals surface area contributed by atoms with E-state index in [2.05, 4.69) is 4.98 Å². The molecule has 2 rings (SSSR count). The number of carbonyl (C=O) groups excluding carboxylic acids is 1. The Labute approximate surface area is 108 Å². The van der Waals surface area contributed by atoms with Crippen LogP contribution in [0.5, 0.6) is 0 Å². The second kappa shape index (κ2) is 5.48. The van der Waals surface area contributed by atoms with Gasteiger partial charge in [-0.15, -0.1) is 0 Å². The molecule has 4 heteroatoms. The van der Waals surface area contributed by atoms with Gasteiger partial charge in [0.05, 0.1) is 12.2 Å². The Bertz CT molecular complexity index is 399. The molecule has 1 aliphatic carbocycles. The molecule has 2 N–H and O–H groups in total. The molecule has 1 aromatic rings. The van der Waals surface area contributed by atoms with E-state index in [-0.39, 0.29) is 11.4 Å². The number of hydrogen-bond acceptors (Lipinski definition) is 3. The lowest BCUT2D eigenvalue weighted by Crippen LogP contribution is -2.42. The zero-order valence-corrected chi connectivity index (χ0v) is 10.9. The second-order valence-corrected chi connectivity index (χ2v) is 5.32. The number of aromatic nitrogens is 1. The largest absolute Gasteiger partial charge is 0.340 e. The summed E-state index contributed by atoms with van der Waals surface area (Å²) in [6.45, 7) is 0.551. The molecule has 0 bridgehead atoms. The van der Waals surface area contributed by atoms with Gasteiger partial charge in [0.15, 0.2) is 0 Å². The maximum Gasteiger partial charge on any atom is 0.224 e. The van der Waals surface area contributed by atoms with Crippen molar-refractivity contribution in [3.63, 3.8) is 0 Å². The number of amides is 1. The van der Waals surface area contributed by atoms with Crippen LogP contribution in [0.15, 0.2) is 24.4 Å². The van der Waals surface area contributed by atoms with Gasteiger partial charge in [-0.05, 0) is 25.0 Å². The number of rotatable bonds is 4. The first-order valence-electron chi connectivity index (χ1n) is 6.52. The van der Waals surface area contributed by atoms with Gasteiger partial charge in [-0.1, -0.05) is 18.9 Å². The predicted octanol–water partition coefficient (Wildman–Crippen LogP) is 1.70. The van der Waals surface area contributed by atoms with Gasteiger partial charge in [0.1, 0.15) is 0 Å². The number of nitrogens with two attached hydrogens (primary N) is 1. The lowest BCUT2D eigenvalue weighted by atomic mass is 9.94. The fraction of sp³-hybridized carbons (Fsp3) is 0.571. The number of pyridine rings is 1. The van der Waals surface area contributed by atoms with Crippen molar-refractivity contribution >= 4 is 5.91 Å². The first-order chi connectivity index (χ1) is 8.59. The van der Waals surface area contributed by atoms with E-state index in [9.17, 15) is 4.79 Å². The third-order valence-corrected chi connectivity index (χ3v) is 3.65. The van der Waals surface area contributed by atoms with Crippen molar-refractivity contribution in [2.75, 3.05) is 7.05 Å². The summed E-state index contributed by atoms with van der Waals surface area (Å²) < 4.78 is 0. The number of carbonyl (C=O) groups is 1. The summed E-state index contributed by atoms with van der Waals surface area (Å²) in [4.78, 5) is 18.1. The molecule has 1 aliphatic rings. The molecular formula is C14H21N3O. The molecule has 0 spiro atoms. The van der Waals surface area contributed by atoms with Crippen LogP contribution < -0.4 is 5.73 Å². The van der Waals surface area contributed by atoms with E-state index in [0.717, 1.165) is 31.4 Å². The highest BCUT2D eigenvalue weighted by Crippen LogP contribution is 2.30. The second-order valence-electron chi connectivity index (χ2n) is 5.32. The zero-order chi connectivity index (χ0) is 13.0. The van der Waals surface area contributed by atoms with E-state index in [0.29, 0.717) is 13.0 Å². The first kappa shape index (κ1) is 13.0. The molecular weight excluding hydrogens is 226 g/mol. The molecule has 0 aliphatic heterocycles. The average molecular weight is 247 g/mol. The van der Waals surface area contributed by atoms with Crippen molar-refractivity contribution in [2.45, 2.75) is 44.2 Å². The molecule has 98 valence electrons. The van der Waals surface area contributed by atoms with Crippen molar-refractivity contribution < 1.29 is 4.79 Å². The quantitative estimate of drug-likeness (QED) is 0.881. The van der Waals surface area contributed by atoms with Crippen LogP contribution in [0, 0.1) is 0 Å². The van der Waals surface area contributed by atoms with Gasteiger partial charge in [0.25, 0.3) is 0 Å². The number of nitrogens with zero attached hydrogens (tertiary/aromatic N) is 2. The summed E-state index contributed by atoms with van der Waals surface area (Å²) >= 11 is 0. The summed E-state index contributed by atoms with van der Waals surface area (Å²) in [5.41, 5.74) is 6.87. The zero-order valence-electron chi connectivity index (χ0n) is 10.9. The van der Waals surface area contributed by atoms with Gasteiger partial charge in [0, 0.05) is 25.2 Å². The molecule has 0 saturated heterocycles. The van der Waals surface area contributed by atoms with Gasteiger partial charge in [0.2, 0.25) is 5.91 Å². The highest BCUT2D eigenvalue weighted by atomic mass is 16.2. The van der Waals surface area contributed by atoms with E-state index in [1.807, 2.05) is 25.2 Å². The molecule has 1 saturated carbocycles. The lowest BCUT2D eigenvalue weighted by molar-refractivity contribution is -0.131. The third kappa shape index (κ3) is 3.29. The van der Waals surface area contributed by atoms with Crippen LogP contribution in [0.1, 0.15) is 37.8 Å². The molecule has 0 atom stereocenters. The minimum Gasteiger partial charge on any atom is -0.340 e. The van der Waals surface area contributed by atoms with Crippen molar-refractivity contribution in [1.82, 2.24) is 9.88 Å². The Balaban J connectivity index is 1.89. The fourth-order valence-corrected chi connectivity index (χ4v) is 2.51. The first-order valence-corrected chi connectivity index (χ1v) is 6.52. The Kier molecular flexibility index (Phi) is 3.97. The monoisotopic (exact) mass is 247 g/mol. The van der Waals surface area contributed by atoms with Crippen molar-refractivity contribution in [3.05, 3.63) is 30.1 Å². The van der Waals surface area contributed by atoms with E-state index >= 15 is 0 Å². The number of hydrogen-bond donors (Lipinski definition) is 1. The Morgan fingerprint density at radius 3 is 2.78 bits per heavy atom. The molecule has 4 nitrogen and oxygen atoms in total. The molecule has 1 fully saturated rings. The van der Waals surface area contributed by atoms with Gasteiger partial charge in [-0.25, -0.2) is 0 Å². The SMILES string of the molecule is CN(Cc1ccccn1)C(=O)CC1(N)CCCC1. The maximum atomic E-state index is 12.1. The predicted molar refractivity (Wildman–Crippen MR) is 70.7 cm³/mol. The average Bonchev–Trinajstić information content (AvgIpc) is 2.77. The van der Waals surface area contributed by atoms with Gasteiger partial charge >= 0.3 is 0 Å². The highest BCUT2D eigenvalue weighted by molar-refractivity contribution is 5.77. The van der Waals surface area contributed by atoms with E-state index in [1.54, 1.807) is 11.1 Å². The lowest BCUT2D eigenvalue weighted by Gasteiger charge is -2.26. The third-order valence-electron chi connectivity index (χ3n) is 3.65. The topological polar surface area (TPSA) is 59.2 Å². The normalized spacial score (nSPS) is 17.7. The Hall–Kier alpha value is -1.42. The van der Waals surface area contributed by atoms with Gasteiger partial charge in [-0.2, -0.15) is 0 Å². The molecule has 0 aromatic carbocycles. The minimum atomic E-state index is -0.268. The van der Waals surface area contributed by atoms with Crippen LogP contribution in [-0.4, -0.2) is 28.4 Å². The van der Waals surface area contributed by atoms with Crippen LogP contribution in [0.3, 0.4) is 0 Å². The van der Waals surface area contributed by atoms with E-state index < -0.39 is 0 Å². The van der Waals surface area contributed by atoms with Crippen LogP contribution in [-0.2, 0) is 11.3 Å². The molecule has 1 amide bonds. The fourth-order valence-electron chi connectivity index (χ4n) is 2.51. The molecule has 0 radical (unpaired) electrons. The Morgan fingerprint density at radius 1 is 1.44 bits per heavy atom. The summed E-state index contributed by atoms with van der Waals surface area (Å²) in [7, 11) is 1.81. The summed E-state index contributed by atoms with van der Waals surface area (Å²) in [5.74, 6) is 0.116. The summed E-state index contributed by atoms with van der Waals surface area (Å²) in [6.07, 6.45) is 6.43.